The van der Waals surface area contributed by atoms with Crippen LogP contribution in [-0.4, -0.2) is 52.4 Å². The van der Waals surface area contributed by atoms with Gasteiger partial charge in [0.1, 0.15) is 18.7 Å². The molecule has 4 aromatic rings. The third kappa shape index (κ3) is 5.04. The van der Waals surface area contributed by atoms with Gasteiger partial charge in [-0.2, -0.15) is 4.98 Å². The van der Waals surface area contributed by atoms with Gasteiger partial charge in [-0.1, -0.05) is 30.9 Å². The molecule has 1 unspecified atom stereocenters. The molecule has 202 valence electrons. The molecular weight excluding hydrogens is 518 g/mol. The molecule has 1 N–H and O–H groups in total. The highest BCUT2D eigenvalue weighted by atomic mass is 35.5. The Hall–Kier alpha value is -4.05. The molecule has 1 fully saturated rings. The molecule has 0 saturated heterocycles. The first-order valence-electron chi connectivity index (χ1n) is 12.9. The maximum atomic E-state index is 6.53. The number of hydrogen-bond donors (Lipinski definition) is 1. The molecular formula is C28H30ClN7O3. The first-order chi connectivity index (χ1) is 19.0. The smallest absolute Gasteiger partial charge is 0.229 e. The molecule has 1 saturated carbocycles. The van der Waals surface area contributed by atoms with Crippen molar-refractivity contribution in [3.8, 4) is 23.1 Å². The zero-order valence-corrected chi connectivity index (χ0v) is 22.9. The quantitative estimate of drug-likeness (QED) is 0.311. The predicted octanol–water partition coefficient (Wildman–Crippen LogP) is 5.38. The highest BCUT2D eigenvalue weighted by molar-refractivity contribution is 6.31. The van der Waals surface area contributed by atoms with Gasteiger partial charge in [-0.05, 0) is 30.5 Å². The third-order valence-electron chi connectivity index (χ3n) is 7.41. The number of fused-ring (bicyclic) bond motifs is 1. The first-order valence-corrected chi connectivity index (χ1v) is 13.3. The summed E-state index contributed by atoms with van der Waals surface area (Å²) in [5.74, 6) is 4.42. The van der Waals surface area contributed by atoms with Gasteiger partial charge in [0.25, 0.3) is 0 Å². The minimum atomic E-state index is -0.145. The van der Waals surface area contributed by atoms with E-state index in [9.17, 15) is 0 Å². The highest BCUT2D eigenvalue weighted by Crippen LogP contribution is 2.40. The molecule has 1 aromatic carbocycles. The van der Waals surface area contributed by atoms with Crippen LogP contribution in [0.1, 0.15) is 36.6 Å². The summed E-state index contributed by atoms with van der Waals surface area (Å²) in [6.45, 7) is 0.408. The number of anilines is 3. The zero-order valence-electron chi connectivity index (χ0n) is 22.1. The summed E-state index contributed by atoms with van der Waals surface area (Å²) in [5.41, 5.74) is 2.67. The summed E-state index contributed by atoms with van der Waals surface area (Å²) >= 11 is 6.53. The van der Waals surface area contributed by atoms with Crippen molar-refractivity contribution in [3.05, 3.63) is 65.5 Å². The number of nitrogens with one attached hydrogen (secondary N) is 1. The number of imidazole rings is 1. The highest BCUT2D eigenvalue weighted by Gasteiger charge is 2.30. The maximum absolute atomic E-state index is 6.53. The van der Waals surface area contributed by atoms with Gasteiger partial charge in [0.05, 0.1) is 44.0 Å². The van der Waals surface area contributed by atoms with E-state index in [-0.39, 0.29) is 6.04 Å². The van der Waals surface area contributed by atoms with Crippen molar-refractivity contribution in [1.82, 2.24) is 24.5 Å². The van der Waals surface area contributed by atoms with Crippen molar-refractivity contribution in [1.29, 1.82) is 0 Å². The molecule has 0 amide bonds. The lowest BCUT2D eigenvalue weighted by molar-refractivity contribution is 0.265. The minimum Gasteiger partial charge on any atom is -0.497 e. The van der Waals surface area contributed by atoms with E-state index in [1.54, 1.807) is 32.9 Å². The number of rotatable bonds is 8. The summed E-state index contributed by atoms with van der Waals surface area (Å²) in [5, 5.41) is 3.88. The molecule has 0 spiro atoms. The van der Waals surface area contributed by atoms with Gasteiger partial charge >= 0.3 is 0 Å². The number of likely N-dealkylation sites (N-methyl/N-ethyl adjacent to an activating group) is 1. The fraction of sp³-hybridized carbons (Fsp3) is 0.357. The topological polar surface area (TPSA) is 99.5 Å². The average Bonchev–Trinajstić information content (AvgIpc) is 3.40. The normalized spacial score (nSPS) is 16.7. The Morgan fingerprint density at radius 3 is 2.72 bits per heavy atom. The second kappa shape index (κ2) is 10.6. The number of benzene rings is 1. The van der Waals surface area contributed by atoms with Gasteiger partial charge in [-0.3, -0.25) is 4.57 Å². The van der Waals surface area contributed by atoms with Crippen LogP contribution in [0.25, 0.3) is 5.82 Å². The minimum absolute atomic E-state index is 0.145. The van der Waals surface area contributed by atoms with Crippen molar-refractivity contribution in [2.24, 2.45) is 5.92 Å². The Bertz CT molecular complexity index is 1490. The van der Waals surface area contributed by atoms with E-state index >= 15 is 0 Å². The van der Waals surface area contributed by atoms with Crippen LogP contribution in [0.4, 0.5) is 17.5 Å². The summed E-state index contributed by atoms with van der Waals surface area (Å²) in [7, 11) is 5.22. The van der Waals surface area contributed by atoms with Gasteiger partial charge in [-0.25, -0.2) is 15.0 Å². The molecule has 0 bridgehead atoms. The van der Waals surface area contributed by atoms with Crippen LogP contribution < -0.4 is 24.4 Å². The SMILES string of the molecule is COc1ccc(Cl)c(C2COc3cnc(Nc4cnc(-n5cnc(CC6CCC6)c5)c(OC)c4)nc3N2C)c1. The van der Waals surface area contributed by atoms with E-state index < -0.39 is 0 Å². The maximum Gasteiger partial charge on any atom is 0.229 e. The Morgan fingerprint density at radius 2 is 1.95 bits per heavy atom. The Kier molecular flexibility index (Phi) is 6.86. The lowest BCUT2D eigenvalue weighted by atomic mass is 9.82. The van der Waals surface area contributed by atoms with Crippen LogP contribution in [0.15, 0.2) is 49.2 Å². The number of pyridine rings is 1. The van der Waals surface area contributed by atoms with Crippen LogP contribution in [0.5, 0.6) is 17.2 Å². The second-order valence-corrected chi connectivity index (χ2v) is 10.3. The molecule has 6 rings (SSSR count). The van der Waals surface area contributed by atoms with E-state index in [1.807, 2.05) is 47.0 Å². The number of hydrogen-bond acceptors (Lipinski definition) is 9. The standard InChI is InChI=1S/C28H30ClN7O3/c1-35-23(21-11-20(37-2)7-8-22(21)29)15-39-25-13-31-28(34-27(25)35)33-18-10-24(38-3)26(30-12-18)36-14-19(32-16-36)9-17-5-4-6-17/h7-8,10-14,16-17,23H,4-6,9,15H2,1-3H3,(H,31,33,34). The molecule has 2 aliphatic rings. The molecule has 4 heterocycles. The average molecular weight is 548 g/mol. The summed E-state index contributed by atoms with van der Waals surface area (Å²) in [6.07, 6.45) is 12.1. The van der Waals surface area contributed by atoms with E-state index in [2.05, 4.69) is 20.3 Å². The molecule has 0 radical (unpaired) electrons. The molecule has 1 aliphatic heterocycles. The number of halogens is 1. The summed E-state index contributed by atoms with van der Waals surface area (Å²) in [6, 6.07) is 7.31. The first kappa shape index (κ1) is 25.2. The van der Waals surface area contributed by atoms with Crippen molar-refractivity contribution in [3.63, 3.8) is 0 Å². The van der Waals surface area contributed by atoms with Gasteiger partial charge in [0.2, 0.25) is 5.95 Å². The fourth-order valence-electron chi connectivity index (χ4n) is 4.96. The molecule has 1 aliphatic carbocycles. The van der Waals surface area contributed by atoms with E-state index in [0.29, 0.717) is 46.4 Å². The van der Waals surface area contributed by atoms with Crippen LogP contribution >= 0.6 is 11.6 Å². The molecule has 39 heavy (non-hydrogen) atoms. The molecule has 1 atom stereocenters. The van der Waals surface area contributed by atoms with Crippen molar-refractivity contribution < 1.29 is 14.2 Å². The lowest BCUT2D eigenvalue weighted by Gasteiger charge is -2.35. The lowest BCUT2D eigenvalue weighted by Crippen LogP contribution is -2.34. The summed E-state index contributed by atoms with van der Waals surface area (Å²) in [4.78, 5) is 20.4. The van der Waals surface area contributed by atoms with Crippen LogP contribution in [-0.2, 0) is 6.42 Å². The largest absolute Gasteiger partial charge is 0.497 e. The monoisotopic (exact) mass is 547 g/mol. The Morgan fingerprint density at radius 1 is 1.08 bits per heavy atom. The van der Waals surface area contributed by atoms with Gasteiger partial charge in [0.15, 0.2) is 23.1 Å². The van der Waals surface area contributed by atoms with E-state index in [0.717, 1.165) is 29.3 Å². The van der Waals surface area contributed by atoms with Crippen molar-refractivity contribution in [2.75, 3.05) is 38.1 Å². The van der Waals surface area contributed by atoms with Gasteiger partial charge in [0, 0.05) is 29.9 Å². The predicted molar refractivity (Wildman–Crippen MR) is 149 cm³/mol. The van der Waals surface area contributed by atoms with Gasteiger partial charge in [-0.15, -0.1) is 0 Å². The zero-order chi connectivity index (χ0) is 26.9. The molecule has 3 aromatic heterocycles. The van der Waals surface area contributed by atoms with E-state index in [1.165, 1.54) is 19.3 Å². The van der Waals surface area contributed by atoms with Crippen LogP contribution in [0, 0.1) is 5.92 Å². The number of methoxy groups -OCH3 is 2. The van der Waals surface area contributed by atoms with Crippen LogP contribution in [0.3, 0.4) is 0 Å². The fourth-order valence-corrected chi connectivity index (χ4v) is 5.21. The Labute approximate surface area is 231 Å². The van der Waals surface area contributed by atoms with E-state index in [4.69, 9.17) is 30.8 Å². The molecule has 10 nitrogen and oxygen atoms in total. The number of ether oxygens (including phenoxy) is 3. The second-order valence-electron chi connectivity index (χ2n) is 9.85. The van der Waals surface area contributed by atoms with Crippen LogP contribution in [0.2, 0.25) is 5.02 Å². The number of aromatic nitrogens is 5. The summed E-state index contributed by atoms with van der Waals surface area (Å²) < 4.78 is 19.0. The third-order valence-corrected chi connectivity index (χ3v) is 7.75. The van der Waals surface area contributed by atoms with Gasteiger partial charge < -0.3 is 24.4 Å². The molecule has 11 heteroatoms. The van der Waals surface area contributed by atoms with Crippen molar-refractivity contribution in [2.45, 2.75) is 31.7 Å². The van der Waals surface area contributed by atoms with Crippen molar-refractivity contribution >= 4 is 29.1 Å². The number of nitrogens with zero attached hydrogens (tertiary/aromatic N) is 6. The Balaban J connectivity index is 1.22.